The minimum atomic E-state index is -0.923. The number of aliphatic carboxylic acids is 1. The summed E-state index contributed by atoms with van der Waals surface area (Å²) in [5, 5.41) is 11.3. The van der Waals surface area contributed by atoms with Crippen LogP contribution in [-0.4, -0.2) is 22.2 Å². The molecule has 1 aromatic heterocycles. The van der Waals surface area contributed by atoms with Gasteiger partial charge in [0.1, 0.15) is 5.75 Å². The molecule has 1 atom stereocenters. The lowest BCUT2D eigenvalue weighted by Crippen LogP contribution is -2.26. The minimum Gasteiger partial charge on any atom is -0.479 e. The van der Waals surface area contributed by atoms with Crippen LogP contribution in [0.2, 0.25) is 0 Å². The highest BCUT2D eigenvalue weighted by Gasteiger charge is 2.20. The van der Waals surface area contributed by atoms with E-state index in [4.69, 9.17) is 4.74 Å². The van der Waals surface area contributed by atoms with Gasteiger partial charge in [-0.2, -0.15) is 0 Å². The Morgan fingerprint density at radius 2 is 1.95 bits per heavy atom. The van der Waals surface area contributed by atoms with Crippen molar-refractivity contribution in [3.8, 4) is 5.75 Å². The summed E-state index contributed by atoms with van der Waals surface area (Å²) in [4.78, 5) is 14.6. The van der Waals surface area contributed by atoms with Gasteiger partial charge in [0, 0.05) is 16.3 Å². The van der Waals surface area contributed by atoms with Crippen molar-refractivity contribution in [3.63, 3.8) is 0 Å². The van der Waals surface area contributed by atoms with E-state index >= 15 is 0 Å². The van der Waals surface area contributed by atoms with Gasteiger partial charge in [-0.15, -0.1) is 0 Å². The van der Waals surface area contributed by atoms with E-state index in [-0.39, 0.29) is 0 Å². The largest absolute Gasteiger partial charge is 0.479 e. The van der Waals surface area contributed by atoms with Crippen molar-refractivity contribution in [2.45, 2.75) is 25.9 Å². The number of carboxylic acid groups (broad SMARTS) is 1. The molecule has 0 spiro atoms. The molecular formula is C17H17NO3. The van der Waals surface area contributed by atoms with Crippen LogP contribution < -0.4 is 4.74 Å². The van der Waals surface area contributed by atoms with Crippen LogP contribution in [0, 0.1) is 0 Å². The number of ether oxygens (including phenoxy) is 1. The van der Waals surface area contributed by atoms with Gasteiger partial charge >= 0.3 is 5.97 Å². The van der Waals surface area contributed by atoms with E-state index in [2.05, 4.69) is 4.98 Å². The van der Waals surface area contributed by atoms with Crippen molar-refractivity contribution >= 4 is 27.8 Å². The Morgan fingerprint density at radius 3 is 2.71 bits per heavy atom. The summed E-state index contributed by atoms with van der Waals surface area (Å²) in [7, 11) is 0. The van der Waals surface area contributed by atoms with Gasteiger partial charge in [-0.05, 0) is 24.6 Å². The zero-order valence-electron chi connectivity index (χ0n) is 11.8. The third kappa shape index (κ3) is 2.44. The smallest absolute Gasteiger partial charge is 0.344 e. The number of aromatic amines is 1. The number of rotatable bonds is 5. The second-order valence-corrected chi connectivity index (χ2v) is 5.08. The highest BCUT2D eigenvalue weighted by atomic mass is 16.5. The Kier molecular flexibility index (Phi) is 3.52. The number of fused-ring (bicyclic) bond motifs is 3. The SMILES string of the molecule is CCCC(Oc1cccc2[nH]c3ccccc3c12)C(=O)O. The molecule has 21 heavy (non-hydrogen) atoms. The van der Waals surface area contributed by atoms with Crippen molar-refractivity contribution in [1.29, 1.82) is 0 Å². The molecule has 0 bridgehead atoms. The second-order valence-electron chi connectivity index (χ2n) is 5.08. The van der Waals surface area contributed by atoms with Crippen molar-refractivity contribution in [1.82, 2.24) is 4.98 Å². The summed E-state index contributed by atoms with van der Waals surface area (Å²) in [5.74, 6) is -0.306. The molecule has 0 aliphatic carbocycles. The number of nitrogens with one attached hydrogen (secondary N) is 1. The molecule has 108 valence electrons. The minimum absolute atomic E-state index is 0.494. The Bertz CT molecular complexity index is 791. The summed E-state index contributed by atoms with van der Waals surface area (Å²) in [5.41, 5.74) is 1.97. The molecule has 1 heterocycles. The zero-order valence-corrected chi connectivity index (χ0v) is 11.8. The van der Waals surface area contributed by atoms with E-state index in [9.17, 15) is 9.90 Å². The van der Waals surface area contributed by atoms with Gasteiger partial charge in [0.05, 0.1) is 5.52 Å². The number of H-pyrrole nitrogens is 1. The third-order valence-electron chi connectivity index (χ3n) is 3.59. The molecule has 0 amide bonds. The normalized spacial score (nSPS) is 12.6. The second kappa shape index (κ2) is 5.48. The fraction of sp³-hybridized carbons (Fsp3) is 0.235. The Morgan fingerprint density at radius 1 is 1.19 bits per heavy atom. The number of hydrogen-bond donors (Lipinski definition) is 2. The van der Waals surface area contributed by atoms with Crippen molar-refractivity contribution in [2.75, 3.05) is 0 Å². The lowest BCUT2D eigenvalue weighted by atomic mass is 10.1. The molecule has 0 radical (unpaired) electrons. The predicted octanol–water partition coefficient (Wildman–Crippen LogP) is 3.95. The number of benzene rings is 2. The Hall–Kier alpha value is -2.49. The summed E-state index contributed by atoms with van der Waals surface area (Å²) in [6.45, 7) is 1.95. The number of para-hydroxylation sites is 1. The van der Waals surface area contributed by atoms with Crippen LogP contribution in [0.15, 0.2) is 42.5 Å². The highest BCUT2D eigenvalue weighted by Crippen LogP contribution is 2.33. The summed E-state index contributed by atoms with van der Waals surface area (Å²) in [6, 6.07) is 13.6. The number of aromatic nitrogens is 1. The standard InChI is InChI=1S/C17H17NO3/c1-2-6-15(17(19)20)21-14-10-5-9-13-16(14)11-7-3-4-8-12(11)18-13/h3-5,7-10,15,18H,2,6H2,1H3,(H,19,20). The maximum Gasteiger partial charge on any atom is 0.344 e. The van der Waals surface area contributed by atoms with Gasteiger partial charge in [-0.25, -0.2) is 4.79 Å². The molecule has 0 aliphatic heterocycles. The van der Waals surface area contributed by atoms with Crippen LogP contribution >= 0.6 is 0 Å². The molecule has 4 heteroatoms. The fourth-order valence-electron chi connectivity index (χ4n) is 2.61. The summed E-state index contributed by atoms with van der Waals surface area (Å²) in [6.07, 6.45) is 0.448. The van der Waals surface area contributed by atoms with E-state index in [1.165, 1.54) is 0 Å². The van der Waals surface area contributed by atoms with E-state index in [0.29, 0.717) is 12.2 Å². The topological polar surface area (TPSA) is 62.3 Å². The Balaban J connectivity index is 2.11. The van der Waals surface area contributed by atoms with Crippen LogP contribution in [0.3, 0.4) is 0 Å². The lowest BCUT2D eigenvalue weighted by molar-refractivity contribution is -0.145. The number of carboxylic acids is 1. The van der Waals surface area contributed by atoms with Crippen LogP contribution in [0.25, 0.3) is 21.8 Å². The van der Waals surface area contributed by atoms with E-state index in [0.717, 1.165) is 28.2 Å². The zero-order chi connectivity index (χ0) is 14.8. The summed E-state index contributed by atoms with van der Waals surface area (Å²) < 4.78 is 5.78. The number of hydrogen-bond acceptors (Lipinski definition) is 2. The van der Waals surface area contributed by atoms with Gasteiger partial charge in [0.25, 0.3) is 0 Å². The van der Waals surface area contributed by atoms with Gasteiger partial charge in [-0.1, -0.05) is 37.6 Å². The van der Waals surface area contributed by atoms with Crippen molar-refractivity contribution in [2.24, 2.45) is 0 Å². The van der Waals surface area contributed by atoms with Gasteiger partial charge in [0.2, 0.25) is 0 Å². The lowest BCUT2D eigenvalue weighted by Gasteiger charge is -2.15. The van der Waals surface area contributed by atoms with Crippen molar-refractivity contribution in [3.05, 3.63) is 42.5 Å². The predicted molar refractivity (Wildman–Crippen MR) is 82.8 cm³/mol. The maximum atomic E-state index is 11.3. The van der Waals surface area contributed by atoms with E-state index < -0.39 is 12.1 Å². The van der Waals surface area contributed by atoms with Crippen LogP contribution in [0.5, 0.6) is 5.75 Å². The van der Waals surface area contributed by atoms with Gasteiger partial charge in [0.15, 0.2) is 6.10 Å². The quantitative estimate of drug-likeness (QED) is 0.745. The third-order valence-corrected chi connectivity index (χ3v) is 3.59. The van der Waals surface area contributed by atoms with E-state index in [1.54, 1.807) is 0 Å². The average Bonchev–Trinajstić information content (AvgIpc) is 2.86. The monoisotopic (exact) mass is 283 g/mol. The first-order chi connectivity index (χ1) is 10.2. The fourth-order valence-corrected chi connectivity index (χ4v) is 2.61. The molecule has 1 unspecified atom stereocenters. The average molecular weight is 283 g/mol. The van der Waals surface area contributed by atoms with Crippen LogP contribution in [-0.2, 0) is 4.79 Å². The Labute approximate surface area is 122 Å². The first kappa shape index (κ1) is 13.5. The molecule has 0 fully saturated rings. The molecular weight excluding hydrogens is 266 g/mol. The van der Waals surface area contributed by atoms with Crippen LogP contribution in [0.4, 0.5) is 0 Å². The molecule has 0 saturated carbocycles. The molecule has 3 aromatic rings. The number of carbonyl (C=O) groups is 1. The first-order valence-corrected chi connectivity index (χ1v) is 7.09. The first-order valence-electron chi connectivity index (χ1n) is 7.09. The molecule has 0 aliphatic rings. The highest BCUT2D eigenvalue weighted by molar-refractivity contribution is 6.10. The maximum absolute atomic E-state index is 11.3. The van der Waals surface area contributed by atoms with Crippen molar-refractivity contribution < 1.29 is 14.6 Å². The van der Waals surface area contributed by atoms with Gasteiger partial charge in [-0.3, -0.25) is 0 Å². The van der Waals surface area contributed by atoms with Crippen LogP contribution in [0.1, 0.15) is 19.8 Å². The van der Waals surface area contributed by atoms with E-state index in [1.807, 2.05) is 49.4 Å². The molecule has 3 rings (SSSR count). The molecule has 4 nitrogen and oxygen atoms in total. The summed E-state index contributed by atoms with van der Waals surface area (Å²) >= 11 is 0. The molecule has 2 aromatic carbocycles. The molecule has 0 saturated heterocycles. The van der Waals surface area contributed by atoms with Gasteiger partial charge < -0.3 is 14.8 Å². The molecule has 2 N–H and O–H groups in total.